The maximum Gasteiger partial charge on any atom is 0.319 e. The number of rotatable bonds is 4. The third-order valence-electron chi connectivity index (χ3n) is 6.75. The van der Waals surface area contributed by atoms with Gasteiger partial charge >= 0.3 is 6.03 Å². The van der Waals surface area contributed by atoms with Crippen molar-refractivity contribution in [1.29, 1.82) is 0 Å². The first kappa shape index (κ1) is 22.0. The number of para-hydroxylation sites is 2. The molecular weight excluding hydrogens is 424 g/mol. The molecule has 0 bridgehead atoms. The van der Waals surface area contributed by atoms with Gasteiger partial charge in [0, 0.05) is 43.6 Å². The molecule has 0 atom stereocenters. The summed E-state index contributed by atoms with van der Waals surface area (Å²) in [6.45, 7) is 2.99. The number of nitrogens with one attached hydrogen (secondary N) is 2. The maximum atomic E-state index is 13.5. The fourth-order valence-corrected chi connectivity index (χ4v) is 4.91. The van der Waals surface area contributed by atoms with E-state index in [0.717, 1.165) is 55.8 Å². The Kier molecular flexibility index (Phi) is 6.47. The summed E-state index contributed by atoms with van der Waals surface area (Å²) < 4.78 is 0. The van der Waals surface area contributed by atoms with Gasteiger partial charge in [0.05, 0.1) is 5.56 Å². The number of urea groups is 1. The van der Waals surface area contributed by atoms with Crippen molar-refractivity contribution in [2.24, 2.45) is 0 Å². The lowest BCUT2D eigenvalue weighted by atomic mass is 9.98. The second-order valence-electron chi connectivity index (χ2n) is 8.99. The second-order valence-corrected chi connectivity index (χ2v) is 8.99. The maximum absolute atomic E-state index is 13.5. The number of hydrogen-bond acceptors (Lipinski definition) is 3. The quantitative estimate of drug-likeness (QED) is 0.602. The molecule has 174 valence electrons. The highest BCUT2D eigenvalue weighted by atomic mass is 16.2. The smallest absolute Gasteiger partial charge is 0.319 e. The topological polar surface area (TPSA) is 64.7 Å². The first-order valence-electron chi connectivity index (χ1n) is 12.0. The Morgan fingerprint density at radius 1 is 0.765 bits per heavy atom. The standard InChI is InChI=1S/C28H30N4O2/c33-27(32-17-14-21-8-4-5-9-22(21)20-32)25-12-6-7-13-26(25)31-18-15-24(16-19-31)30-28(34)29-23-10-2-1-3-11-23/h1-13,24H,14-20H2,(H2,29,30,34). The van der Waals surface area contributed by atoms with Crippen molar-refractivity contribution < 1.29 is 9.59 Å². The van der Waals surface area contributed by atoms with Gasteiger partial charge in [-0.3, -0.25) is 4.79 Å². The van der Waals surface area contributed by atoms with Crippen LogP contribution in [0.5, 0.6) is 0 Å². The van der Waals surface area contributed by atoms with Gasteiger partial charge in [0.15, 0.2) is 0 Å². The highest BCUT2D eigenvalue weighted by molar-refractivity contribution is 6.00. The van der Waals surface area contributed by atoms with Crippen LogP contribution in [-0.4, -0.2) is 42.5 Å². The van der Waals surface area contributed by atoms with E-state index in [1.807, 2.05) is 65.6 Å². The first-order valence-corrected chi connectivity index (χ1v) is 12.0. The Hall–Kier alpha value is -3.80. The number of nitrogens with zero attached hydrogens (tertiary/aromatic N) is 2. The van der Waals surface area contributed by atoms with Crippen LogP contribution < -0.4 is 15.5 Å². The number of piperidine rings is 1. The largest absolute Gasteiger partial charge is 0.371 e. The zero-order chi connectivity index (χ0) is 23.3. The predicted molar refractivity (Wildman–Crippen MR) is 135 cm³/mol. The lowest BCUT2D eigenvalue weighted by Crippen LogP contribution is -2.46. The summed E-state index contributed by atoms with van der Waals surface area (Å²) in [5.74, 6) is 0.0904. The Balaban J connectivity index is 1.21. The van der Waals surface area contributed by atoms with Gasteiger partial charge in [0.2, 0.25) is 0 Å². The van der Waals surface area contributed by atoms with Crippen LogP contribution in [0, 0.1) is 0 Å². The molecule has 5 rings (SSSR count). The van der Waals surface area contributed by atoms with Crippen molar-refractivity contribution in [2.75, 3.05) is 29.9 Å². The van der Waals surface area contributed by atoms with E-state index in [2.05, 4.69) is 33.7 Å². The number of carbonyl (C=O) groups excluding carboxylic acids is 2. The van der Waals surface area contributed by atoms with E-state index in [0.29, 0.717) is 6.54 Å². The van der Waals surface area contributed by atoms with Crippen LogP contribution in [0.15, 0.2) is 78.9 Å². The normalized spacial score (nSPS) is 16.0. The molecule has 0 aliphatic carbocycles. The molecule has 2 N–H and O–H groups in total. The van der Waals surface area contributed by atoms with Crippen LogP contribution >= 0.6 is 0 Å². The van der Waals surface area contributed by atoms with E-state index < -0.39 is 0 Å². The van der Waals surface area contributed by atoms with Crippen molar-refractivity contribution in [2.45, 2.75) is 31.8 Å². The van der Waals surface area contributed by atoms with Gasteiger partial charge in [0.1, 0.15) is 0 Å². The molecule has 3 amide bonds. The van der Waals surface area contributed by atoms with Crippen molar-refractivity contribution in [3.63, 3.8) is 0 Å². The van der Waals surface area contributed by atoms with Gasteiger partial charge in [-0.15, -0.1) is 0 Å². The third-order valence-corrected chi connectivity index (χ3v) is 6.75. The van der Waals surface area contributed by atoms with Gasteiger partial charge in [-0.25, -0.2) is 4.79 Å². The fraction of sp³-hybridized carbons (Fsp3) is 0.286. The lowest BCUT2D eigenvalue weighted by molar-refractivity contribution is 0.0735. The van der Waals surface area contributed by atoms with E-state index in [9.17, 15) is 9.59 Å². The first-order chi connectivity index (χ1) is 16.7. The Morgan fingerprint density at radius 2 is 1.44 bits per heavy atom. The Morgan fingerprint density at radius 3 is 2.24 bits per heavy atom. The minimum absolute atomic E-state index is 0.0904. The molecule has 2 heterocycles. The number of anilines is 2. The number of benzene rings is 3. The zero-order valence-corrected chi connectivity index (χ0v) is 19.2. The molecule has 0 aromatic heterocycles. The van der Waals surface area contributed by atoms with Gasteiger partial charge < -0.3 is 20.4 Å². The average molecular weight is 455 g/mol. The van der Waals surface area contributed by atoms with Gasteiger partial charge in [-0.1, -0.05) is 54.6 Å². The summed E-state index contributed by atoms with van der Waals surface area (Å²) in [6.07, 6.45) is 2.57. The molecule has 6 heteroatoms. The number of carbonyl (C=O) groups is 2. The van der Waals surface area contributed by atoms with Crippen LogP contribution in [0.4, 0.5) is 16.2 Å². The highest BCUT2D eigenvalue weighted by Crippen LogP contribution is 2.27. The molecule has 0 unspecified atom stereocenters. The van der Waals surface area contributed by atoms with Crippen molar-refractivity contribution in [1.82, 2.24) is 10.2 Å². The molecule has 1 saturated heterocycles. The molecule has 6 nitrogen and oxygen atoms in total. The van der Waals surface area contributed by atoms with Crippen LogP contribution in [0.2, 0.25) is 0 Å². The monoisotopic (exact) mass is 454 g/mol. The van der Waals surface area contributed by atoms with E-state index in [1.165, 1.54) is 11.1 Å². The highest BCUT2D eigenvalue weighted by Gasteiger charge is 2.27. The van der Waals surface area contributed by atoms with Crippen molar-refractivity contribution in [3.8, 4) is 0 Å². The molecule has 2 aliphatic heterocycles. The molecule has 3 aromatic rings. The molecule has 1 fully saturated rings. The molecule has 0 radical (unpaired) electrons. The summed E-state index contributed by atoms with van der Waals surface area (Å²) >= 11 is 0. The average Bonchev–Trinajstić information content (AvgIpc) is 2.89. The van der Waals surface area contributed by atoms with E-state index in [-0.39, 0.29) is 18.0 Å². The van der Waals surface area contributed by atoms with E-state index >= 15 is 0 Å². The van der Waals surface area contributed by atoms with E-state index in [1.54, 1.807) is 0 Å². The van der Waals surface area contributed by atoms with Crippen LogP contribution in [0.25, 0.3) is 0 Å². The Bertz CT molecular complexity index is 1160. The van der Waals surface area contributed by atoms with Crippen molar-refractivity contribution >= 4 is 23.3 Å². The van der Waals surface area contributed by atoms with Gasteiger partial charge in [-0.2, -0.15) is 0 Å². The zero-order valence-electron chi connectivity index (χ0n) is 19.2. The van der Waals surface area contributed by atoms with E-state index in [4.69, 9.17) is 0 Å². The summed E-state index contributed by atoms with van der Waals surface area (Å²) in [7, 11) is 0. The summed E-state index contributed by atoms with van der Waals surface area (Å²) in [6, 6.07) is 25.7. The lowest BCUT2D eigenvalue weighted by Gasteiger charge is -2.36. The molecule has 34 heavy (non-hydrogen) atoms. The molecule has 0 saturated carbocycles. The van der Waals surface area contributed by atoms with Crippen LogP contribution in [0.3, 0.4) is 0 Å². The molecule has 0 spiro atoms. The van der Waals surface area contributed by atoms with Gasteiger partial charge in [-0.05, 0) is 54.7 Å². The predicted octanol–water partition coefficient (Wildman–Crippen LogP) is 4.68. The third kappa shape index (κ3) is 4.91. The SMILES string of the molecule is O=C(Nc1ccccc1)NC1CCN(c2ccccc2C(=O)N2CCc3ccccc3C2)CC1. The number of amides is 3. The van der Waals surface area contributed by atoms with Crippen molar-refractivity contribution in [3.05, 3.63) is 95.6 Å². The Labute approximate surface area is 200 Å². The summed E-state index contributed by atoms with van der Waals surface area (Å²) in [5.41, 5.74) is 5.10. The van der Waals surface area contributed by atoms with Crippen LogP contribution in [-0.2, 0) is 13.0 Å². The number of fused-ring (bicyclic) bond motifs is 1. The second kappa shape index (κ2) is 10.00. The minimum atomic E-state index is -0.175. The summed E-state index contributed by atoms with van der Waals surface area (Å²) in [5, 5.41) is 5.97. The molecular formula is C28H30N4O2. The molecule has 3 aromatic carbocycles. The minimum Gasteiger partial charge on any atom is -0.371 e. The summed E-state index contributed by atoms with van der Waals surface area (Å²) in [4.78, 5) is 30.1. The van der Waals surface area contributed by atoms with Crippen LogP contribution in [0.1, 0.15) is 34.3 Å². The van der Waals surface area contributed by atoms with Gasteiger partial charge in [0.25, 0.3) is 5.91 Å². The molecule has 2 aliphatic rings. The fourth-order valence-electron chi connectivity index (χ4n) is 4.91. The number of hydrogen-bond donors (Lipinski definition) is 2.